The van der Waals surface area contributed by atoms with Crippen molar-refractivity contribution in [2.24, 2.45) is 0 Å². The number of rotatable bonds is 5. The fourth-order valence-electron chi connectivity index (χ4n) is 6.87. The number of likely N-dealkylation sites (tertiary alicyclic amines) is 2. The van der Waals surface area contributed by atoms with Gasteiger partial charge in [-0.1, -0.05) is 18.9 Å². The van der Waals surface area contributed by atoms with E-state index in [0.29, 0.717) is 53.2 Å². The number of methoxy groups -OCH3 is 2. The van der Waals surface area contributed by atoms with Crippen molar-refractivity contribution < 1.29 is 42.9 Å². The first kappa shape index (κ1) is 37.3. The summed E-state index contributed by atoms with van der Waals surface area (Å²) in [5, 5.41) is 5.90. The molecule has 0 radical (unpaired) electrons. The van der Waals surface area contributed by atoms with Crippen LogP contribution in [-0.2, 0) is 20.9 Å². The molecule has 0 aromatic heterocycles. The quantitative estimate of drug-likeness (QED) is 0.377. The highest BCUT2D eigenvalue weighted by Gasteiger charge is 2.44. The van der Waals surface area contributed by atoms with Gasteiger partial charge in [0.2, 0.25) is 11.8 Å². The van der Waals surface area contributed by atoms with Crippen LogP contribution in [0.3, 0.4) is 0 Å². The van der Waals surface area contributed by atoms with Crippen LogP contribution >= 0.6 is 0 Å². The number of benzene rings is 3. The number of ether oxygens (including phenoxy) is 5. The number of carbonyl (C=O) groups excluding carboxylic acids is 4. The molecule has 0 saturated carbocycles. The second-order valence-electron chi connectivity index (χ2n) is 13.5. The van der Waals surface area contributed by atoms with Crippen LogP contribution in [0.4, 0.5) is 0 Å². The van der Waals surface area contributed by atoms with E-state index >= 15 is 0 Å². The minimum Gasteiger partial charge on any atom is -0.493 e. The van der Waals surface area contributed by atoms with Crippen molar-refractivity contribution in [1.82, 2.24) is 20.4 Å². The number of carbonyl (C=O) groups is 4. The smallest absolute Gasteiger partial charge is 0.264 e. The van der Waals surface area contributed by atoms with Gasteiger partial charge in [0.05, 0.1) is 20.8 Å². The zero-order valence-electron chi connectivity index (χ0n) is 30.4. The normalized spacial score (nSPS) is 17.8. The second kappa shape index (κ2) is 17.4. The maximum absolute atomic E-state index is 14.1. The van der Waals surface area contributed by atoms with Crippen LogP contribution in [-0.4, -0.2) is 92.6 Å². The third-order valence-electron chi connectivity index (χ3n) is 9.97. The summed E-state index contributed by atoms with van der Waals surface area (Å²) in [7, 11) is 3.02. The Bertz CT molecular complexity index is 1760. The van der Waals surface area contributed by atoms with Gasteiger partial charge in [-0.05, 0) is 73.0 Å². The molecule has 0 atom stereocenters. The summed E-state index contributed by atoms with van der Waals surface area (Å²) in [5.41, 5.74) is -0.0937. The highest BCUT2D eigenvalue weighted by atomic mass is 16.5. The van der Waals surface area contributed by atoms with Gasteiger partial charge in [-0.25, -0.2) is 0 Å². The van der Waals surface area contributed by atoms with E-state index in [9.17, 15) is 19.2 Å². The molecule has 0 unspecified atom stereocenters. The summed E-state index contributed by atoms with van der Waals surface area (Å²) < 4.78 is 29.6. The molecule has 13 nitrogen and oxygen atoms in total. The minimum absolute atomic E-state index is 0.0276. The molecule has 282 valence electrons. The van der Waals surface area contributed by atoms with Gasteiger partial charge in [-0.2, -0.15) is 0 Å². The number of hydrogen-bond donors (Lipinski definition) is 2. The lowest BCUT2D eigenvalue weighted by molar-refractivity contribution is -0.147. The predicted octanol–water partition coefficient (Wildman–Crippen LogP) is 4.86. The largest absolute Gasteiger partial charge is 0.493 e. The number of nitrogens with zero attached hydrogens (tertiary/aromatic N) is 2. The van der Waals surface area contributed by atoms with Crippen molar-refractivity contribution in [2.45, 2.75) is 63.5 Å². The maximum atomic E-state index is 14.1. The topological polar surface area (TPSA) is 145 Å². The van der Waals surface area contributed by atoms with E-state index in [1.54, 1.807) is 59.5 Å². The molecule has 8 heterocycles. The SMILES string of the molecule is COc1cc2ccc1Oc1ccc(cc1OC)C(=O)NCCOc1ccc(cc1)OC1(CCN(C(=O)CCC(=O)N3CCCCCC3)CC1)C(=O)NC2. The Labute approximate surface area is 309 Å². The Morgan fingerprint density at radius 1 is 0.736 bits per heavy atom. The van der Waals surface area contributed by atoms with Crippen LogP contribution in [0.15, 0.2) is 60.7 Å². The molecule has 53 heavy (non-hydrogen) atoms. The van der Waals surface area contributed by atoms with Crippen molar-refractivity contribution in [3.8, 4) is 34.5 Å². The Kier molecular flexibility index (Phi) is 12.2. The molecule has 6 bridgehead atoms. The minimum atomic E-state index is -1.25. The first-order chi connectivity index (χ1) is 25.8. The fraction of sp³-hybridized carbons (Fsp3) is 0.450. The molecule has 3 aromatic carbocycles. The molecule has 2 saturated heterocycles. The zero-order chi connectivity index (χ0) is 37.2. The van der Waals surface area contributed by atoms with Crippen molar-refractivity contribution in [3.63, 3.8) is 0 Å². The summed E-state index contributed by atoms with van der Waals surface area (Å²) >= 11 is 0. The zero-order valence-corrected chi connectivity index (χ0v) is 30.4. The van der Waals surface area contributed by atoms with Gasteiger partial charge in [0.1, 0.15) is 18.1 Å². The van der Waals surface area contributed by atoms with Crippen LogP contribution in [0.2, 0.25) is 0 Å². The maximum Gasteiger partial charge on any atom is 0.264 e. The van der Waals surface area contributed by atoms with Gasteiger partial charge in [0, 0.05) is 64.0 Å². The lowest BCUT2D eigenvalue weighted by atomic mass is 9.89. The molecular formula is C40H48N4O9. The van der Waals surface area contributed by atoms with Gasteiger partial charge in [-0.15, -0.1) is 0 Å². The van der Waals surface area contributed by atoms with Crippen LogP contribution in [0.25, 0.3) is 0 Å². The highest BCUT2D eigenvalue weighted by Crippen LogP contribution is 2.38. The Morgan fingerprint density at radius 3 is 2.00 bits per heavy atom. The summed E-state index contributed by atoms with van der Waals surface area (Å²) in [6.45, 7) is 2.78. The molecule has 13 heteroatoms. The summed E-state index contributed by atoms with van der Waals surface area (Å²) in [6.07, 6.45) is 5.12. The third kappa shape index (κ3) is 9.32. The van der Waals surface area contributed by atoms with Crippen LogP contribution in [0.5, 0.6) is 34.5 Å². The number of hydrogen-bond acceptors (Lipinski definition) is 9. The molecule has 3 aromatic rings. The Morgan fingerprint density at radius 2 is 1.34 bits per heavy atom. The van der Waals surface area contributed by atoms with Gasteiger partial charge in [-0.3, -0.25) is 19.2 Å². The van der Waals surface area contributed by atoms with Crippen molar-refractivity contribution in [1.29, 1.82) is 0 Å². The van der Waals surface area contributed by atoms with Crippen molar-refractivity contribution in [3.05, 3.63) is 71.8 Å². The predicted molar refractivity (Wildman–Crippen MR) is 196 cm³/mol. The summed E-state index contributed by atoms with van der Waals surface area (Å²) in [6, 6.07) is 17.2. The molecule has 4 amide bonds. The lowest BCUT2D eigenvalue weighted by Gasteiger charge is -2.40. The Balaban J connectivity index is 1.18. The van der Waals surface area contributed by atoms with Crippen LogP contribution in [0, 0.1) is 0 Å². The van der Waals surface area contributed by atoms with E-state index in [2.05, 4.69) is 10.6 Å². The third-order valence-corrected chi connectivity index (χ3v) is 9.97. The summed E-state index contributed by atoms with van der Waals surface area (Å²) in [4.78, 5) is 56.7. The number of piperidine rings is 1. The van der Waals surface area contributed by atoms with E-state index < -0.39 is 5.60 Å². The van der Waals surface area contributed by atoms with E-state index in [-0.39, 0.29) is 69.0 Å². The van der Waals surface area contributed by atoms with E-state index in [0.717, 1.165) is 44.3 Å². The van der Waals surface area contributed by atoms with E-state index in [1.807, 2.05) is 11.0 Å². The number of amides is 4. The van der Waals surface area contributed by atoms with E-state index in [1.165, 1.54) is 14.2 Å². The highest BCUT2D eigenvalue weighted by molar-refractivity contribution is 5.95. The average Bonchev–Trinajstić information content (AvgIpc) is 3.48. The van der Waals surface area contributed by atoms with Crippen LogP contribution in [0.1, 0.15) is 67.3 Å². The molecule has 8 aliphatic rings. The molecule has 2 N–H and O–H groups in total. The molecule has 8 aliphatic heterocycles. The van der Waals surface area contributed by atoms with E-state index in [4.69, 9.17) is 23.7 Å². The molecular weight excluding hydrogens is 680 g/mol. The monoisotopic (exact) mass is 728 g/mol. The number of nitrogens with one attached hydrogen (secondary N) is 2. The molecule has 0 aliphatic carbocycles. The Hall–Kier alpha value is -5.46. The van der Waals surface area contributed by atoms with Crippen molar-refractivity contribution >= 4 is 23.6 Å². The average molecular weight is 729 g/mol. The fourth-order valence-corrected chi connectivity index (χ4v) is 6.87. The first-order valence-electron chi connectivity index (χ1n) is 18.3. The molecule has 11 rings (SSSR count). The first-order valence-corrected chi connectivity index (χ1v) is 18.3. The molecule has 1 spiro atoms. The van der Waals surface area contributed by atoms with Crippen LogP contribution < -0.4 is 34.3 Å². The van der Waals surface area contributed by atoms with Crippen molar-refractivity contribution in [2.75, 3.05) is 53.6 Å². The molecule has 2 fully saturated rings. The van der Waals surface area contributed by atoms with Gasteiger partial charge in [0.25, 0.3) is 11.8 Å². The lowest BCUT2D eigenvalue weighted by Crippen LogP contribution is -2.58. The second-order valence-corrected chi connectivity index (χ2v) is 13.5. The summed E-state index contributed by atoms with van der Waals surface area (Å²) in [5.74, 6) is 1.98. The van der Waals surface area contributed by atoms with Gasteiger partial charge >= 0.3 is 0 Å². The van der Waals surface area contributed by atoms with Gasteiger partial charge in [0.15, 0.2) is 28.6 Å². The van der Waals surface area contributed by atoms with Gasteiger partial charge < -0.3 is 44.1 Å². The standard InChI is InChI=1S/C40H48N4O9/c1-49-34-25-28-7-13-32(34)52-33-14-8-29(26-35(33)50-2)38(47)41-19-24-51-30-9-11-31(12-10-30)53-40(39(48)42-27-28)17-22-44(23-18-40)37(46)16-15-36(45)43-20-5-3-4-6-21-43/h7-14,25-26H,3-6,15-24,27H2,1-2H3,(H,41,47)(H,42,48).